The number of halogens is 3. The molecule has 10 nitrogen and oxygen atoms in total. The molecule has 2 amide bonds. The number of imidazole rings is 1. The minimum Gasteiger partial charge on any atom is -0.347 e. The number of benzene rings is 2. The standard InChI is InChI=1S/C26H30F3N5O5S/c1-2-3-9-23-30-16-22(25(36)31-21(15-24(35)32-37)14-18-7-5-4-6-8-18)34(23)17-19-10-12-20(13-11-19)33-40(38,39)26(27,28)29/h4-8,10-13,16,21,33,37H,2-3,9,14-15,17H2,1H3,(H,31,36)(H,32,35)/t21-/m0/s1. The predicted octanol–water partition coefficient (Wildman–Crippen LogP) is 3.77. The zero-order valence-electron chi connectivity index (χ0n) is 21.6. The molecule has 14 heteroatoms. The number of hydrogen-bond acceptors (Lipinski definition) is 6. The third-order valence-electron chi connectivity index (χ3n) is 5.99. The molecule has 0 fully saturated rings. The Hall–Kier alpha value is -3.91. The van der Waals surface area contributed by atoms with Crippen LogP contribution in [0.1, 0.15) is 53.6 Å². The lowest BCUT2D eigenvalue weighted by molar-refractivity contribution is -0.129. The molecular formula is C26H30F3N5O5S. The first-order valence-electron chi connectivity index (χ1n) is 12.4. The number of hydrogen-bond donors (Lipinski definition) is 4. The van der Waals surface area contributed by atoms with Crippen molar-refractivity contribution in [2.45, 2.75) is 57.1 Å². The highest BCUT2D eigenvalue weighted by molar-refractivity contribution is 7.93. The van der Waals surface area contributed by atoms with Crippen LogP contribution in [-0.4, -0.2) is 46.5 Å². The number of alkyl halides is 3. The summed E-state index contributed by atoms with van der Waals surface area (Å²) in [4.78, 5) is 29.7. The molecule has 3 rings (SSSR count). The van der Waals surface area contributed by atoms with Crippen molar-refractivity contribution in [3.05, 3.63) is 83.4 Å². The molecule has 0 bridgehead atoms. The molecule has 0 aliphatic heterocycles. The number of rotatable bonds is 13. The molecule has 2 aromatic carbocycles. The molecule has 1 atom stereocenters. The van der Waals surface area contributed by atoms with Crippen LogP contribution in [0.15, 0.2) is 60.8 Å². The predicted molar refractivity (Wildman–Crippen MR) is 141 cm³/mol. The van der Waals surface area contributed by atoms with Crippen molar-refractivity contribution in [3.8, 4) is 0 Å². The van der Waals surface area contributed by atoms with Gasteiger partial charge in [-0.15, -0.1) is 0 Å². The smallest absolute Gasteiger partial charge is 0.347 e. The van der Waals surface area contributed by atoms with E-state index in [9.17, 15) is 31.2 Å². The first-order valence-corrected chi connectivity index (χ1v) is 13.9. The van der Waals surface area contributed by atoms with Crippen molar-refractivity contribution in [2.24, 2.45) is 0 Å². The van der Waals surface area contributed by atoms with Gasteiger partial charge in [-0.1, -0.05) is 55.8 Å². The summed E-state index contributed by atoms with van der Waals surface area (Å²) in [5.74, 6) is -0.558. The number of anilines is 1. The number of unbranched alkanes of at least 4 members (excludes halogenated alkanes) is 1. The van der Waals surface area contributed by atoms with Crippen molar-refractivity contribution in [1.29, 1.82) is 0 Å². The molecule has 0 saturated heterocycles. The Bertz CT molecular complexity index is 1390. The Morgan fingerprint density at radius 1 is 1.05 bits per heavy atom. The van der Waals surface area contributed by atoms with Gasteiger partial charge in [0.2, 0.25) is 5.91 Å². The number of carbonyl (C=O) groups excluding carboxylic acids is 2. The van der Waals surface area contributed by atoms with Gasteiger partial charge >= 0.3 is 15.5 Å². The van der Waals surface area contributed by atoms with E-state index in [2.05, 4.69) is 10.3 Å². The Morgan fingerprint density at radius 3 is 2.33 bits per heavy atom. The molecule has 0 spiro atoms. The molecule has 0 unspecified atom stereocenters. The molecule has 1 aromatic heterocycles. The molecule has 0 radical (unpaired) electrons. The molecule has 1 heterocycles. The molecule has 0 aliphatic rings. The molecule has 4 N–H and O–H groups in total. The van der Waals surface area contributed by atoms with Crippen LogP contribution < -0.4 is 15.5 Å². The number of sulfonamides is 1. The van der Waals surface area contributed by atoms with Crippen molar-refractivity contribution in [1.82, 2.24) is 20.3 Å². The molecule has 3 aromatic rings. The molecule has 0 saturated carbocycles. The van der Waals surface area contributed by atoms with Gasteiger partial charge in [0, 0.05) is 31.1 Å². The summed E-state index contributed by atoms with van der Waals surface area (Å²) in [5, 5.41) is 11.8. The van der Waals surface area contributed by atoms with Gasteiger partial charge < -0.3 is 9.88 Å². The second-order valence-corrected chi connectivity index (χ2v) is 10.8. The van der Waals surface area contributed by atoms with Gasteiger partial charge in [0.05, 0.1) is 6.20 Å². The van der Waals surface area contributed by atoms with Crippen LogP contribution in [0.3, 0.4) is 0 Å². The summed E-state index contributed by atoms with van der Waals surface area (Å²) in [6.07, 6.45) is 3.79. The average Bonchev–Trinajstić information content (AvgIpc) is 3.30. The fourth-order valence-corrected chi connectivity index (χ4v) is 4.54. The van der Waals surface area contributed by atoms with E-state index in [0.717, 1.165) is 18.4 Å². The Balaban J connectivity index is 1.83. The summed E-state index contributed by atoms with van der Waals surface area (Å²) < 4.78 is 64.0. The average molecular weight is 582 g/mol. The van der Waals surface area contributed by atoms with Crippen LogP contribution >= 0.6 is 0 Å². The van der Waals surface area contributed by atoms with Crippen molar-refractivity contribution < 1.29 is 36.4 Å². The van der Waals surface area contributed by atoms with Crippen LogP contribution in [0.4, 0.5) is 18.9 Å². The van der Waals surface area contributed by atoms with E-state index in [-0.39, 0.29) is 24.3 Å². The van der Waals surface area contributed by atoms with Gasteiger partial charge in [-0.05, 0) is 36.1 Å². The lowest BCUT2D eigenvalue weighted by Crippen LogP contribution is -2.41. The number of nitrogens with zero attached hydrogens (tertiary/aromatic N) is 2. The van der Waals surface area contributed by atoms with Gasteiger partial charge in [-0.25, -0.2) is 10.5 Å². The lowest BCUT2D eigenvalue weighted by atomic mass is 10.0. The zero-order valence-corrected chi connectivity index (χ0v) is 22.4. The van der Waals surface area contributed by atoms with E-state index >= 15 is 0 Å². The Labute approximate surface area is 229 Å². The monoisotopic (exact) mass is 581 g/mol. The summed E-state index contributed by atoms with van der Waals surface area (Å²) in [6.45, 7) is 2.14. The first kappa shape index (κ1) is 30.6. The summed E-state index contributed by atoms with van der Waals surface area (Å²) in [7, 11) is -5.56. The maximum Gasteiger partial charge on any atom is 0.516 e. The number of aryl methyl sites for hydroxylation is 1. The van der Waals surface area contributed by atoms with Crippen molar-refractivity contribution in [3.63, 3.8) is 0 Å². The van der Waals surface area contributed by atoms with Gasteiger partial charge in [0.25, 0.3) is 5.91 Å². The zero-order chi connectivity index (χ0) is 29.3. The minimum atomic E-state index is -5.56. The van der Waals surface area contributed by atoms with Crippen LogP contribution in [-0.2, 0) is 34.2 Å². The summed E-state index contributed by atoms with van der Waals surface area (Å²) in [6, 6.07) is 13.8. The molecule has 216 valence electrons. The number of aromatic nitrogens is 2. The van der Waals surface area contributed by atoms with Crippen LogP contribution in [0.2, 0.25) is 0 Å². The fraction of sp³-hybridized carbons (Fsp3) is 0.346. The Kier molecular flexibility index (Phi) is 10.3. The summed E-state index contributed by atoms with van der Waals surface area (Å²) in [5.41, 5.74) is -2.47. The highest BCUT2D eigenvalue weighted by atomic mass is 32.2. The van der Waals surface area contributed by atoms with E-state index in [0.29, 0.717) is 24.2 Å². The molecular weight excluding hydrogens is 551 g/mol. The van der Waals surface area contributed by atoms with E-state index < -0.39 is 33.4 Å². The highest BCUT2D eigenvalue weighted by Gasteiger charge is 2.46. The highest BCUT2D eigenvalue weighted by Crippen LogP contribution is 2.25. The maximum atomic E-state index is 13.4. The second kappa shape index (κ2) is 13.4. The molecule has 40 heavy (non-hydrogen) atoms. The third-order valence-corrected chi connectivity index (χ3v) is 7.11. The van der Waals surface area contributed by atoms with E-state index in [1.807, 2.05) is 37.3 Å². The number of nitrogens with one attached hydrogen (secondary N) is 3. The van der Waals surface area contributed by atoms with Crippen LogP contribution in [0, 0.1) is 0 Å². The minimum absolute atomic E-state index is 0.134. The van der Waals surface area contributed by atoms with Crippen LogP contribution in [0.25, 0.3) is 0 Å². The number of amides is 2. The first-order chi connectivity index (χ1) is 18.9. The number of hydroxylamine groups is 1. The van der Waals surface area contributed by atoms with Gasteiger partial charge in [0.1, 0.15) is 11.5 Å². The summed E-state index contributed by atoms with van der Waals surface area (Å²) >= 11 is 0. The quantitative estimate of drug-likeness (QED) is 0.179. The van der Waals surface area contributed by atoms with Crippen molar-refractivity contribution >= 4 is 27.5 Å². The normalized spacial score (nSPS) is 12.5. The number of carbonyl (C=O) groups is 2. The Morgan fingerprint density at radius 2 is 1.73 bits per heavy atom. The van der Waals surface area contributed by atoms with E-state index in [1.165, 1.54) is 35.2 Å². The largest absolute Gasteiger partial charge is 0.516 e. The SMILES string of the molecule is CCCCc1ncc(C(=O)N[C@H](CC(=O)NO)Cc2ccccc2)n1Cc1ccc(NS(=O)(=O)C(F)(F)F)cc1. The second-order valence-electron chi connectivity index (χ2n) is 9.10. The third kappa shape index (κ3) is 8.29. The van der Waals surface area contributed by atoms with E-state index in [1.54, 1.807) is 10.0 Å². The topological polar surface area (TPSA) is 142 Å². The fourth-order valence-electron chi connectivity index (χ4n) is 3.98. The van der Waals surface area contributed by atoms with Crippen LogP contribution in [0.5, 0.6) is 0 Å². The van der Waals surface area contributed by atoms with Gasteiger partial charge in [-0.2, -0.15) is 21.6 Å². The molecule has 0 aliphatic carbocycles. The van der Waals surface area contributed by atoms with E-state index in [4.69, 9.17) is 5.21 Å². The van der Waals surface area contributed by atoms with Gasteiger partial charge in [0.15, 0.2) is 0 Å². The van der Waals surface area contributed by atoms with Gasteiger partial charge in [-0.3, -0.25) is 19.5 Å². The lowest BCUT2D eigenvalue weighted by Gasteiger charge is -2.19. The van der Waals surface area contributed by atoms with Crippen molar-refractivity contribution in [2.75, 3.05) is 4.72 Å². The maximum absolute atomic E-state index is 13.4.